The quantitative estimate of drug-likeness (QED) is 0.475. The van der Waals surface area contributed by atoms with E-state index in [0.717, 1.165) is 24.0 Å². The van der Waals surface area contributed by atoms with E-state index in [4.69, 9.17) is 9.15 Å². The van der Waals surface area contributed by atoms with Crippen LogP contribution in [0.15, 0.2) is 46.3 Å². The summed E-state index contributed by atoms with van der Waals surface area (Å²) < 4.78 is 10.3. The highest BCUT2D eigenvalue weighted by atomic mass is 16.6. The minimum absolute atomic E-state index is 0.241. The molecule has 0 spiro atoms. The van der Waals surface area contributed by atoms with Crippen LogP contribution in [0.4, 0.5) is 0 Å². The Labute approximate surface area is 161 Å². The van der Waals surface area contributed by atoms with Crippen LogP contribution in [0.1, 0.15) is 64.9 Å². The molecule has 27 heavy (non-hydrogen) atoms. The van der Waals surface area contributed by atoms with Gasteiger partial charge in [0.05, 0.1) is 24.7 Å². The van der Waals surface area contributed by atoms with Crippen LogP contribution in [0.3, 0.4) is 0 Å². The molecule has 0 aromatic carbocycles. The molecule has 1 aliphatic heterocycles. The normalized spacial score (nSPS) is 23.4. The minimum Gasteiger partial charge on any atom is -0.472 e. The van der Waals surface area contributed by atoms with Crippen molar-refractivity contribution in [3.63, 3.8) is 0 Å². The summed E-state index contributed by atoms with van der Waals surface area (Å²) in [5, 5.41) is 20.6. The number of aliphatic hydroxyl groups is 2. The predicted octanol–water partition coefficient (Wildman–Crippen LogP) is 4.09. The summed E-state index contributed by atoms with van der Waals surface area (Å²) in [6.45, 7) is 5.77. The van der Waals surface area contributed by atoms with Crippen LogP contribution >= 0.6 is 0 Å². The third kappa shape index (κ3) is 7.00. The van der Waals surface area contributed by atoms with E-state index in [1.54, 1.807) is 19.5 Å². The van der Waals surface area contributed by atoms with Crippen LogP contribution < -0.4 is 0 Å². The van der Waals surface area contributed by atoms with Gasteiger partial charge in [-0.3, -0.25) is 4.79 Å². The first-order valence-corrected chi connectivity index (χ1v) is 9.70. The second-order valence-electron chi connectivity index (χ2n) is 7.85. The lowest BCUT2D eigenvalue weighted by atomic mass is 9.91. The summed E-state index contributed by atoms with van der Waals surface area (Å²) in [7, 11) is 0. The zero-order valence-electron chi connectivity index (χ0n) is 16.6. The van der Waals surface area contributed by atoms with Gasteiger partial charge in [-0.15, -0.1) is 0 Å². The maximum atomic E-state index is 11.3. The third-order valence-electron chi connectivity index (χ3n) is 5.20. The molecule has 1 aromatic heterocycles. The molecule has 0 amide bonds. The van der Waals surface area contributed by atoms with Crippen LogP contribution in [-0.2, 0) is 16.0 Å². The van der Waals surface area contributed by atoms with Gasteiger partial charge in [-0.2, -0.15) is 0 Å². The van der Waals surface area contributed by atoms with Gasteiger partial charge in [0.2, 0.25) is 0 Å². The molecule has 1 fully saturated rings. The number of esters is 1. The number of rotatable bonds is 10. The number of carbonyl (C=O) groups is 1. The summed E-state index contributed by atoms with van der Waals surface area (Å²) in [6, 6.07) is 1.96. The van der Waals surface area contributed by atoms with Crippen molar-refractivity contribution >= 4 is 5.97 Å². The second kappa shape index (κ2) is 9.90. The van der Waals surface area contributed by atoms with Gasteiger partial charge < -0.3 is 19.4 Å². The Morgan fingerprint density at radius 1 is 1.33 bits per heavy atom. The fraction of sp³-hybridized carbons (Fsp3) is 0.591. The van der Waals surface area contributed by atoms with Crippen molar-refractivity contribution < 1.29 is 24.2 Å². The molecular weight excluding hydrogens is 344 g/mol. The Balaban J connectivity index is 1.73. The fourth-order valence-electron chi connectivity index (χ4n) is 3.42. The Bertz CT molecular complexity index is 658. The van der Waals surface area contributed by atoms with Crippen LogP contribution in [0, 0.1) is 0 Å². The monoisotopic (exact) mass is 376 g/mol. The van der Waals surface area contributed by atoms with E-state index < -0.39 is 17.8 Å². The molecule has 1 aliphatic rings. The van der Waals surface area contributed by atoms with Gasteiger partial charge in [0.15, 0.2) is 0 Å². The Morgan fingerprint density at radius 3 is 2.74 bits per heavy atom. The molecule has 3 atom stereocenters. The van der Waals surface area contributed by atoms with Crippen molar-refractivity contribution in [1.82, 2.24) is 0 Å². The number of hydrogen-bond acceptors (Lipinski definition) is 5. The molecule has 1 saturated heterocycles. The zero-order valence-corrected chi connectivity index (χ0v) is 16.6. The number of furan rings is 1. The summed E-state index contributed by atoms with van der Waals surface area (Å²) in [6.07, 6.45) is 10.8. The van der Waals surface area contributed by atoms with Crippen molar-refractivity contribution in [1.29, 1.82) is 0 Å². The topological polar surface area (TPSA) is 79.9 Å². The highest BCUT2D eigenvalue weighted by Crippen LogP contribution is 2.32. The van der Waals surface area contributed by atoms with Gasteiger partial charge in [0, 0.05) is 6.42 Å². The molecule has 5 heteroatoms. The van der Waals surface area contributed by atoms with E-state index in [9.17, 15) is 15.0 Å². The first-order valence-electron chi connectivity index (χ1n) is 9.70. The van der Waals surface area contributed by atoms with Crippen molar-refractivity contribution in [2.45, 2.75) is 83.5 Å². The van der Waals surface area contributed by atoms with Gasteiger partial charge in [-0.25, -0.2) is 0 Å². The van der Waals surface area contributed by atoms with Crippen LogP contribution in [0.2, 0.25) is 0 Å². The largest absolute Gasteiger partial charge is 0.472 e. The maximum absolute atomic E-state index is 11.3. The summed E-state index contributed by atoms with van der Waals surface area (Å²) in [5.41, 5.74) is 2.58. The molecule has 0 radical (unpaired) electrons. The van der Waals surface area contributed by atoms with Crippen molar-refractivity contribution in [3.05, 3.63) is 47.5 Å². The number of carbonyl (C=O) groups excluding carboxylic acids is 1. The number of ether oxygens (including phenoxy) is 1. The Kier molecular flexibility index (Phi) is 7.87. The van der Waals surface area contributed by atoms with E-state index >= 15 is 0 Å². The van der Waals surface area contributed by atoms with E-state index in [-0.39, 0.29) is 5.97 Å². The first kappa shape index (κ1) is 21.5. The molecule has 5 nitrogen and oxygen atoms in total. The third-order valence-corrected chi connectivity index (χ3v) is 5.20. The molecule has 3 unspecified atom stereocenters. The van der Waals surface area contributed by atoms with Gasteiger partial charge in [0.1, 0.15) is 5.60 Å². The lowest BCUT2D eigenvalue weighted by Crippen LogP contribution is -2.39. The summed E-state index contributed by atoms with van der Waals surface area (Å²) in [5.74, 6) is -0.241. The average molecular weight is 376 g/mol. The lowest BCUT2D eigenvalue weighted by molar-refractivity contribution is -0.156. The number of hydrogen-bond donors (Lipinski definition) is 2. The number of aryl methyl sites for hydroxylation is 1. The lowest BCUT2D eigenvalue weighted by Gasteiger charge is -2.28. The Morgan fingerprint density at radius 2 is 2.11 bits per heavy atom. The van der Waals surface area contributed by atoms with Crippen LogP contribution in [-0.4, -0.2) is 34.0 Å². The minimum atomic E-state index is -0.774. The molecule has 150 valence electrons. The SMILES string of the molecule is CC(=CC(O)CC(C)=CCCc1ccoc1)CCC(O)C1(C)CCC(=O)O1. The molecule has 2 rings (SSSR count). The predicted molar refractivity (Wildman–Crippen MR) is 104 cm³/mol. The zero-order chi connectivity index (χ0) is 19.9. The Hall–Kier alpha value is -1.85. The average Bonchev–Trinajstić information content (AvgIpc) is 3.22. The maximum Gasteiger partial charge on any atom is 0.306 e. The number of cyclic esters (lactones) is 1. The van der Waals surface area contributed by atoms with Crippen LogP contribution in [0.25, 0.3) is 0 Å². The molecule has 0 aliphatic carbocycles. The molecule has 0 bridgehead atoms. The van der Waals surface area contributed by atoms with Crippen molar-refractivity contribution in [2.75, 3.05) is 0 Å². The van der Waals surface area contributed by atoms with Gasteiger partial charge in [-0.1, -0.05) is 23.3 Å². The molecule has 2 N–H and O–H groups in total. The smallest absolute Gasteiger partial charge is 0.306 e. The standard InChI is InChI=1S/C22H32O5/c1-16(5-4-6-18-10-12-26-15-18)13-19(23)14-17(2)7-8-20(24)22(3)11-9-21(25)27-22/h5,10,12,14-15,19-20,23-24H,4,6-9,11,13H2,1-3H3. The molecule has 0 saturated carbocycles. The van der Waals surface area contributed by atoms with E-state index in [1.807, 2.05) is 26.0 Å². The van der Waals surface area contributed by atoms with E-state index in [0.29, 0.717) is 32.1 Å². The van der Waals surface area contributed by atoms with Crippen molar-refractivity contribution in [3.8, 4) is 0 Å². The fourth-order valence-corrected chi connectivity index (χ4v) is 3.42. The molecule has 2 heterocycles. The molecular formula is C22H32O5. The van der Waals surface area contributed by atoms with E-state index in [2.05, 4.69) is 6.08 Å². The highest BCUT2D eigenvalue weighted by molar-refractivity contribution is 5.72. The second-order valence-corrected chi connectivity index (χ2v) is 7.85. The van der Waals surface area contributed by atoms with E-state index in [1.165, 1.54) is 5.56 Å². The van der Waals surface area contributed by atoms with Crippen LogP contribution in [0.5, 0.6) is 0 Å². The summed E-state index contributed by atoms with van der Waals surface area (Å²) in [4.78, 5) is 11.3. The number of allylic oxidation sites excluding steroid dienone is 2. The van der Waals surface area contributed by atoms with Gasteiger partial charge in [-0.05, 0) is 70.9 Å². The van der Waals surface area contributed by atoms with Gasteiger partial charge >= 0.3 is 5.97 Å². The summed E-state index contributed by atoms with van der Waals surface area (Å²) >= 11 is 0. The highest BCUT2D eigenvalue weighted by Gasteiger charge is 2.41. The number of aliphatic hydroxyl groups excluding tert-OH is 2. The molecule has 1 aromatic rings. The van der Waals surface area contributed by atoms with Crippen molar-refractivity contribution in [2.24, 2.45) is 0 Å². The first-order chi connectivity index (χ1) is 12.8. The van der Waals surface area contributed by atoms with Gasteiger partial charge in [0.25, 0.3) is 0 Å².